The van der Waals surface area contributed by atoms with Crippen molar-refractivity contribution in [3.8, 4) is 0 Å². The quantitative estimate of drug-likeness (QED) is 0.591. The van der Waals surface area contributed by atoms with Gasteiger partial charge in [-0.1, -0.05) is 29.8 Å². The first-order valence-corrected chi connectivity index (χ1v) is 9.58. The molecule has 2 amide bonds. The van der Waals surface area contributed by atoms with Gasteiger partial charge in [-0.25, -0.2) is 8.78 Å². The number of amides is 2. The minimum Gasteiger partial charge on any atom is -0.352 e. The Morgan fingerprint density at radius 1 is 0.933 bits per heavy atom. The monoisotopic (exact) mass is 408 g/mol. The Bertz CT molecular complexity index is 1050. The summed E-state index contributed by atoms with van der Waals surface area (Å²) in [5, 5.41) is 5.59. The summed E-state index contributed by atoms with van der Waals surface area (Å²) in [5.41, 5.74) is 3.23. The van der Waals surface area contributed by atoms with E-state index in [2.05, 4.69) is 10.6 Å². The number of hydrogen-bond donors (Lipinski definition) is 2. The molecule has 4 nitrogen and oxygen atoms in total. The van der Waals surface area contributed by atoms with E-state index in [4.69, 9.17) is 0 Å². The number of aryl methyl sites for hydroxylation is 2. The van der Waals surface area contributed by atoms with Crippen LogP contribution in [0.3, 0.4) is 0 Å². The zero-order chi connectivity index (χ0) is 21.5. The van der Waals surface area contributed by atoms with Gasteiger partial charge >= 0.3 is 0 Å². The van der Waals surface area contributed by atoms with Gasteiger partial charge in [0, 0.05) is 24.2 Å². The Balaban J connectivity index is 1.52. The molecule has 0 spiro atoms. The summed E-state index contributed by atoms with van der Waals surface area (Å²) < 4.78 is 26.8. The van der Waals surface area contributed by atoms with Crippen molar-refractivity contribution in [3.05, 3.63) is 101 Å². The number of anilines is 1. The minimum atomic E-state index is -0.531. The molecule has 2 N–H and O–H groups in total. The van der Waals surface area contributed by atoms with E-state index < -0.39 is 11.6 Å². The molecule has 30 heavy (non-hydrogen) atoms. The van der Waals surface area contributed by atoms with Crippen molar-refractivity contribution in [2.75, 3.05) is 5.32 Å². The number of carbonyl (C=O) groups excluding carboxylic acids is 2. The summed E-state index contributed by atoms with van der Waals surface area (Å²) in [7, 11) is 0. The Morgan fingerprint density at radius 3 is 2.47 bits per heavy atom. The van der Waals surface area contributed by atoms with Crippen LogP contribution in [0.4, 0.5) is 14.5 Å². The number of halogens is 2. The van der Waals surface area contributed by atoms with Crippen molar-refractivity contribution in [3.63, 3.8) is 0 Å². The maximum Gasteiger partial charge on any atom is 0.255 e. The highest BCUT2D eigenvalue weighted by Gasteiger charge is 2.09. The molecule has 6 heteroatoms. The Hall–Kier alpha value is -3.54. The van der Waals surface area contributed by atoms with Crippen LogP contribution in [0.25, 0.3) is 0 Å². The third-order valence-corrected chi connectivity index (χ3v) is 4.62. The largest absolute Gasteiger partial charge is 0.352 e. The van der Waals surface area contributed by atoms with E-state index in [1.165, 1.54) is 0 Å². The standard InChI is InChI=1S/C24H22F2N2O2/c1-16-5-7-18(8-6-16)24(30)28-21-4-2-3-17(13-21)15-27-23(29)12-9-19-14-20(25)10-11-22(19)26/h2-8,10-11,13-14H,9,12,15H2,1H3,(H,27,29)(H,28,30). The van der Waals surface area contributed by atoms with Gasteiger partial charge in [-0.3, -0.25) is 9.59 Å². The highest BCUT2D eigenvalue weighted by atomic mass is 19.1. The van der Waals surface area contributed by atoms with Gasteiger partial charge < -0.3 is 10.6 Å². The van der Waals surface area contributed by atoms with E-state index >= 15 is 0 Å². The average molecular weight is 408 g/mol. The second-order valence-electron chi connectivity index (χ2n) is 7.03. The maximum absolute atomic E-state index is 13.6. The molecule has 3 rings (SSSR count). The average Bonchev–Trinajstić information content (AvgIpc) is 2.73. The van der Waals surface area contributed by atoms with Crippen LogP contribution in [0, 0.1) is 18.6 Å². The second-order valence-corrected chi connectivity index (χ2v) is 7.03. The molecule has 154 valence electrons. The van der Waals surface area contributed by atoms with Crippen molar-refractivity contribution >= 4 is 17.5 Å². The summed E-state index contributed by atoms with van der Waals surface area (Å²) in [5.74, 6) is -1.54. The molecular weight excluding hydrogens is 386 g/mol. The lowest BCUT2D eigenvalue weighted by molar-refractivity contribution is -0.121. The van der Waals surface area contributed by atoms with E-state index in [1.54, 1.807) is 30.3 Å². The topological polar surface area (TPSA) is 58.2 Å². The Kier molecular flexibility index (Phi) is 6.91. The van der Waals surface area contributed by atoms with Crippen molar-refractivity contribution in [1.29, 1.82) is 0 Å². The van der Waals surface area contributed by atoms with Crippen molar-refractivity contribution in [2.24, 2.45) is 0 Å². The van der Waals surface area contributed by atoms with Gasteiger partial charge in [-0.15, -0.1) is 0 Å². The van der Waals surface area contributed by atoms with Gasteiger partial charge in [-0.2, -0.15) is 0 Å². The van der Waals surface area contributed by atoms with E-state index in [-0.39, 0.29) is 36.8 Å². The van der Waals surface area contributed by atoms with E-state index in [0.29, 0.717) is 11.3 Å². The Morgan fingerprint density at radius 2 is 1.70 bits per heavy atom. The van der Waals surface area contributed by atoms with E-state index in [1.807, 2.05) is 25.1 Å². The van der Waals surface area contributed by atoms with Crippen LogP contribution >= 0.6 is 0 Å². The normalized spacial score (nSPS) is 10.5. The second kappa shape index (κ2) is 9.78. The predicted molar refractivity (Wildman–Crippen MR) is 112 cm³/mol. The molecule has 0 atom stereocenters. The van der Waals surface area contributed by atoms with Crippen molar-refractivity contribution in [2.45, 2.75) is 26.3 Å². The molecule has 3 aromatic rings. The molecular formula is C24H22F2N2O2. The molecule has 0 saturated heterocycles. The molecule has 0 aliphatic rings. The molecule has 0 aliphatic carbocycles. The van der Waals surface area contributed by atoms with Crippen LogP contribution in [0.1, 0.15) is 33.5 Å². The van der Waals surface area contributed by atoms with Gasteiger partial charge in [0.25, 0.3) is 5.91 Å². The maximum atomic E-state index is 13.6. The van der Waals surface area contributed by atoms with E-state index in [0.717, 1.165) is 29.3 Å². The number of nitrogens with one attached hydrogen (secondary N) is 2. The first-order chi connectivity index (χ1) is 14.4. The minimum absolute atomic E-state index is 0.0459. The fraction of sp³-hybridized carbons (Fsp3) is 0.167. The highest BCUT2D eigenvalue weighted by molar-refractivity contribution is 6.04. The molecule has 3 aromatic carbocycles. The number of benzene rings is 3. The summed E-state index contributed by atoms with van der Waals surface area (Å²) in [6.45, 7) is 2.22. The van der Waals surface area contributed by atoms with Crippen LogP contribution in [0.2, 0.25) is 0 Å². The summed E-state index contributed by atoms with van der Waals surface area (Å²) in [4.78, 5) is 24.4. The zero-order valence-corrected chi connectivity index (χ0v) is 16.5. The first-order valence-electron chi connectivity index (χ1n) is 9.58. The predicted octanol–water partition coefficient (Wildman–Crippen LogP) is 4.77. The molecule has 0 saturated carbocycles. The van der Waals surface area contributed by atoms with Crippen LogP contribution < -0.4 is 10.6 Å². The summed E-state index contributed by atoms with van der Waals surface area (Å²) in [6.07, 6.45) is 0.159. The molecule has 0 bridgehead atoms. The summed E-state index contributed by atoms with van der Waals surface area (Å²) >= 11 is 0. The molecule has 0 aliphatic heterocycles. The zero-order valence-electron chi connectivity index (χ0n) is 16.5. The van der Waals surface area contributed by atoms with Crippen LogP contribution in [-0.4, -0.2) is 11.8 Å². The summed E-state index contributed by atoms with van der Waals surface area (Å²) in [6, 6.07) is 17.6. The fourth-order valence-corrected chi connectivity index (χ4v) is 2.94. The highest BCUT2D eigenvalue weighted by Crippen LogP contribution is 2.14. The fourth-order valence-electron chi connectivity index (χ4n) is 2.94. The van der Waals surface area contributed by atoms with Crippen molar-refractivity contribution in [1.82, 2.24) is 5.32 Å². The third kappa shape index (κ3) is 5.98. The van der Waals surface area contributed by atoms with Gasteiger partial charge in [-0.05, 0) is 66.9 Å². The van der Waals surface area contributed by atoms with Gasteiger partial charge in [0.15, 0.2) is 0 Å². The SMILES string of the molecule is Cc1ccc(C(=O)Nc2cccc(CNC(=O)CCc3cc(F)ccc3F)c2)cc1. The lowest BCUT2D eigenvalue weighted by Gasteiger charge is -2.09. The molecule has 0 aromatic heterocycles. The Labute approximate surface area is 173 Å². The number of carbonyl (C=O) groups is 2. The number of hydrogen-bond acceptors (Lipinski definition) is 2. The first kappa shape index (κ1) is 21.2. The van der Waals surface area contributed by atoms with Crippen LogP contribution in [0.5, 0.6) is 0 Å². The van der Waals surface area contributed by atoms with E-state index in [9.17, 15) is 18.4 Å². The number of rotatable bonds is 7. The van der Waals surface area contributed by atoms with Crippen LogP contribution in [-0.2, 0) is 17.8 Å². The lowest BCUT2D eigenvalue weighted by atomic mass is 10.1. The third-order valence-electron chi connectivity index (χ3n) is 4.62. The molecule has 0 unspecified atom stereocenters. The van der Waals surface area contributed by atoms with Gasteiger partial charge in [0.1, 0.15) is 11.6 Å². The van der Waals surface area contributed by atoms with Crippen molar-refractivity contribution < 1.29 is 18.4 Å². The molecule has 0 fully saturated rings. The van der Waals surface area contributed by atoms with Gasteiger partial charge in [0.05, 0.1) is 0 Å². The van der Waals surface area contributed by atoms with Gasteiger partial charge in [0.2, 0.25) is 5.91 Å². The lowest BCUT2D eigenvalue weighted by Crippen LogP contribution is -2.23. The molecule has 0 heterocycles. The molecule has 0 radical (unpaired) electrons. The van der Waals surface area contributed by atoms with Crippen LogP contribution in [0.15, 0.2) is 66.7 Å². The smallest absolute Gasteiger partial charge is 0.255 e.